The van der Waals surface area contributed by atoms with Crippen LogP contribution in [-0.2, 0) is 17.8 Å². The molecule has 0 saturated heterocycles. The molecule has 0 amide bonds. The van der Waals surface area contributed by atoms with Crippen LogP contribution >= 0.6 is 0 Å². The van der Waals surface area contributed by atoms with Crippen molar-refractivity contribution < 1.29 is 8.95 Å². The molecular weight excluding hydrogens is 450 g/mol. The van der Waals surface area contributed by atoms with Crippen LogP contribution in [0.1, 0.15) is 37.7 Å². The summed E-state index contributed by atoms with van der Waals surface area (Å²) in [5.41, 5.74) is 9.42. The number of nitrogens with zero attached hydrogens (tertiary/aromatic N) is 4. The Morgan fingerprint density at radius 1 is 1.26 bits per heavy atom. The van der Waals surface area contributed by atoms with Crippen LogP contribution in [0, 0.1) is 11.3 Å². The third-order valence-electron chi connectivity index (χ3n) is 5.77. The SMILES string of the molecule is Cn1cc(-c2ccc(Nc3cc(N)c(C#N)c(NC4CCCCC4)n3)c(OCS(C)=O)c2)cn1. The highest BCUT2D eigenvalue weighted by Crippen LogP contribution is 2.34. The molecule has 1 aliphatic rings. The van der Waals surface area contributed by atoms with E-state index in [1.807, 2.05) is 31.4 Å². The number of aromatic nitrogens is 3. The van der Waals surface area contributed by atoms with E-state index in [-0.39, 0.29) is 12.0 Å². The minimum absolute atomic E-state index is 0.0581. The quantitative estimate of drug-likeness (QED) is 0.439. The van der Waals surface area contributed by atoms with Crippen molar-refractivity contribution in [2.75, 3.05) is 28.6 Å². The van der Waals surface area contributed by atoms with Gasteiger partial charge in [-0.05, 0) is 30.5 Å². The second-order valence-corrected chi connectivity index (χ2v) is 9.87. The second-order valence-electron chi connectivity index (χ2n) is 8.49. The summed E-state index contributed by atoms with van der Waals surface area (Å²) < 4.78 is 19.3. The Kier molecular flexibility index (Phi) is 7.33. The molecule has 1 atom stereocenters. The van der Waals surface area contributed by atoms with Gasteiger partial charge in [-0.15, -0.1) is 0 Å². The summed E-state index contributed by atoms with van der Waals surface area (Å²) in [6.45, 7) is 0. The number of anilines is 4. The first-order valence-corrected chi connectivity index (χ1v) is 13.0. The van der Waals surface area contributed by atoms with Crippen LogP contribution < -0.4 is 21.1 Å². The molecule has 4 N–H and O–H groups in total. The number of aryl methyl sites for hydroxylation is 1. The number of pyridine rings is 1. The summed E-state index contributed by atoms with van der Waals surface area (Å²) >= 11 is 0. The number of nitrogen functional groups attached to an aromatic ring is 1. The van der Waals surface area contributed by atoms with E-state index in [9.17, 15) is 9.47 Å². The topological polar surface area (TPSA) is 131 Å². The van der Waals surface area contributed by atoms with Gasteiger partial charge in [-0.3, -0.25) is 8.89 Å². The van der Waals surface area contributed by atoms with Crippen molar-refractivity contribution in [3.05, 3.63) is 42.2 Å². The minimum Gasteiger partial charge on any atom is -0.478 e. The van der Waals surface area contributed by atoms with Gasteiger partial charge >= 0.3 is 0 Å². The van der Waals surface area contributed by atoms with Crippen LogP contribution in [0.4, 0.5) is 23.0 Å². The summed E-state index contributed by atoms with van der Waals surface area (Å²) in [7, 11) is 0.726. The van der Waals surface area contributed by atoms with E-state index in [1.165, 1.54) is 6.42 Å². The highest BCUT2D eigenvalue weighted by Gasteiger charge is 2.18. The molecular formula is C24H29N7O2S. The molecule has 1 aromatic carbocycles. The molecule has 3 aromatic rings. The van der Waals surface area contributed by atoms with Crippen molar-refractivity contribution in [2.45, 2.75) is 38.1 Å². The third kappa shape index (κ3) is 5.66. The second kappa shape index (κ2) is 10.6. The van der Waals surface area contributed by atoms with Crippen LogP contribution in [0.15, 0.2) is 36.7 Å². The van der Waals surface area contributed by atoms with E-state index in [0.29, 0.717) is 34.3 Å². The lowest BCUT2D eigenvalue weighted by Gasteiger charge is -2.24. The zero-order valence-electron chi connectivity index (χ0n) is 19.4. The van der Waals surface area contributed by atoms with Gasteiger partial charge in [0.2, 0.25) is 0 Å². The van der Waals surface area contributed by atoms with Gasteiger partial charge < -0.3 is 21.1 Å². The summed E-state index contributed by atoms with van der Waals surface area (Å²) in [5, 5.41) is 20.5. The first-order valence-electron chi connectivity index (χ1n) is 11.2. The van der Waals surface area contributed by atoms with E-state index in [4.69, 9.17) is 10.5 Å². The Labute approximate surface area is 201 Å². The van der Waals surface area contributed by atoms with E-state index < -0.39 is 10.8 Å². The Morgan fingerprint density at radius 2 is 2.06 bits per heavy atom. The maximum absolute atomic E-state index is 11.7. The van der Waals surface area contributed by atoms with Gasteiger partial charge in [-0.25, -0.2) is 4.98 Å². The van der Waals surface area contributed by atoms with Crippen molar-refractivity contribution in [2.24, 2.45) is 7.05 Å². The van der Waals surface area contributed by atoms with Gasteiger partial charge in [0.15, 0.2) is 5.94 Å². The van der Waals surface area contributed by atoms with Crippen molar-refractivity contribution in [1.82, 2.24) is 14.8 Å². The van der Waals surface area contributed by atoms with E-state index in [2.05, 4.69) is 26.8 Å². The van der Waals surface area contributed by atoms with Crippen LogP contribution in [0.25, 0.3) is 11.1 Å². The van der Waals surface area contributed by atoms with Crippen molar-refractivity contribution in [1.29, 1.82) is 5.26 Å². The number of hydrogen-bond acceptors (Lipinski definition) is 8. The standard InChI is InChI=1S/C24H29N7O2S/c1-31-14-17(13-27-31)16-8-9-21(22(10-16)33-15-34(2)32)29-23-11-20(26)19(12-25)24(30-23)28-18-6-4-3-5-7-18/h8-11,13-14,18H,3-7,15H2,1-2H3,(H4,26,28,29,30). The lowest BCUT2D eigenvalue weighted by atomic mass is 9.95. The molecule has 1 unspecified atom stereocenters. The smallest absolute Gasteiger partial charge is 0.162 e. The number of hydrogen-bond donors (Lipinski definition) is 3. The molecule has 9 nitrogen and oxygen atoms in total. The molecule has 1 aliphatic carbocycles. The molecule has 1 saturated carbocycles. The Hall–Kier alpha value is -3.58. The van der Waals surface area contributed by atoms with Crippen molar-refractivity contribution >= 4 is 33.8 Å². The first kappa shape index (κ1) is 23.6. The monoisotopic (exact) mass is 479 g/mol. The lowest BCUT2D eigenvalue weighted by molar-refractivity contribution is 0.389. The number of nitriles is 1. The fraction of sp³-hybridized carbons (Fsp3) is 0.375. The molecule has 0 spiro atoms. The summed E-state index contributed by atoms with van der Waals surface area (Å²) in [6.07, 6.45) is 10.9. The number of nitrogens with two attached hydrogens (primary N) is 1. The number of benzene rings is 1. The van der Waals surface area contributed by atoms with E-state index >= 15 is 0 Å². The average molecular weight is 480 g/mol. The largest absolute Gasteiger partial charge is 0.478 e. The Bertz CT molecular complexity index is 1230. The molecule has 1 fully saturated rings. The molecule has 0 bridgehead atoms. The number of rotatable bonds is 8. The van der Waals surface area contributed by atoms with Gasteiger partial charge in [-0.1, -0.05) is 25.3 Å². The summed E-state index contributed by atoms with van der Waals surface area (Å²) in [5.74, 6) is 1.57. The minimum atomic E-state index is -1.13. The van der Waals surface area contributed by atoms with Crippen molar-refractivity contribution in [3.8, 4) is 22.9 Å². The third-order valence-corrected chi connectivity index (χ3v) is 6.22. The predicted molar refractivity (Wildman–Crippen MR) is 135 cm³/mol. The van der Waals surface area contributed by atoms with Crippen LogP contribution in [0.3, 0.4) is 0 Å². The highest BCUT2D eigenvalue weighted by molar-refractivity contribution is 7.84. The maximum Gasteiger partial charge on any atom is 0.162 e. The van der Waals surface area contributed by atoms with Crippen molar-refractivity contribution in [3.63, 3.8) is 0 Å². The van der Waals surface area contributed by atoms with Gasteiger partial charge in [0, 0.05) is 37.2 Å². The van der Waals surface area contributed by atoms with E-state index in [1.54, 1.807) is 23.2 Å². The molecule has 34 heavy (non-hydrogen) atoms. The summed E-state index contributed by atoms with van der Waals surface area (Å²) in [6, 6.07) is 9.79. The number of ether oxygens (including phenoxy) is 1. The van der Waals surface area contributed by atoms with Gasteiger partial charge in [0.1, 0.15) is 29.0 Å². The van der Waals surface area contributed by atoms with Crippen LogP contribution in [0.5, 0.6) is 5.75 Å². The van der Waals surface area contributed by atoms with Gasteiger partial charge in [0.25, 0.3) is 0 Å². The molecule has 178 valence electrons. The number of nitrogens with one attached hydrogen (secondary N) is 2. The molecule has 0 aliphatic heterocycles. The fourth-order valence-corrected chi connectivity index (χ4v) is 4.36. The fourth-order valence-electron chi connectivity index (χ4n) is 4.07. The lowest BCUT2D eigenvalue weighted by Crippen LogP contribution is -2.23. The molecule has 0 radical (unpaired) electrons. The normalized spacial score (nSPS) is 14.9. The van der Waals surface area contributed by atoms with Gasteiger partial charge in [0.05, 0.1) is 28.4 Å². The Morgan fingerprint density at radius 3 is 2.74 bits per heavy atom. The zero-order chi connectivity index (χ0) is 24.1. The van der Waals surface area contributed by atoms with E-state index in [0.717, 1.165) is 36.8 Å². The average Bonchev–Trinajstić information content (AvgIpc) is 3.25. The highest BCUT2D eigenvalue weighted by atomic mass is 32.2. The first-order chi connectivity index (χ1) is 16.4. The Balaban J connectivity index is 1.64. The zero-order valence-corrected chi connectivity index (χ0v) is 20.2. The van der Waals surface area contributed by atoms with Gasteiger partial charge in [-0.2, -0.15) is 10.4 Å². The van der Waals surface area contributed by atoms with Crippen LogP contribution in [0.2, 0.25) is 0 Å². The van der Waals surface area contributed by atoms with Crippen LogP contribution in [-0.4, -0.2) is 37.2 Å². The molecule has 4 rings (SSSR count). The maximum atomic E-state index is 11.7. The molecule has 2 aromatic heterocycles. The molecule has 10 heteroatoms. The molecule has 2 heterocycles. The summed E-state index contributed by atoms with van der Waals surface area (Å²) in [4.78, 5) is 4.66. The predicted octanol–water partition coefficient (Wildman–Crippen LogP) is 4.14.